The predicted octanol–water partition coefficient (Wildman–Crippen LogP) is 1.50. The fraction of sp³-hybridized carbons (Fsp3) is 0.583. The van der Waals surface area contributed by atoms with E-state index in [0.717, 1.165) is 30.9 Å². The molecule has 3 nitrogen and oxygen atoms in total. The lowest BCUT2D eigenvalue weighted by molar-refractivity contribution is -0.132. The van der Waals surface area contributed by atoms with E-state index in [2.05, 4.69) is 12.2 Å². The largest absolute Gasteiger partial charge is 0.338 e. The standard InChI is InChI=1S/C12H18N2OS/c1-2-14(10-5-6-13-9-10)12(15)8-11-4-3-7-16-11/h3-4,7,10,13H,2,5-6,8-9H2,1H3. The summed E-state index contributed by atoms with van der Waals surface area (Å²) in [7, 11) is 0. The molecule has 0 aliphatic carbocycles. The Bertz CT molecular complexity index is 331. The van der Waals surface area contributed by atoms with Crippen molar-refractivity contribution in [3.05, 3.63) is 22.4 Å². The van der Waals surface area contributed by atoms with Crippen molar-refractivity contribution in [2.75, 3.05) is 19.6 Å². The molecule has 88 valence electrons. The topological polar surface area (TPSA) is 32.3 Å². The van der Waals surface area contributed by atoms with E-state index in [1.807, 2.05) is 22.4 Å². The normalized spacial score (nSPS) is 19.9. The summed E-state index contributed by atoms with van der Waals surface area (Å²) in [5, 5.41) is 5.33. The van der Waals surface area contributed by atoms with E-state index in [1.54, 1.807) is 11.3 Å². The van der Waals surface area contributed by atoms with E-state index in [1.165, 1.54) is 0 Å². The second kappa shape index (κ2) is 5.46. The van der Waals surface area contributed by atoms with Crippen LogP contribution in [0.25, 0.3) is 0 Å². The number of likely N-dealkylation sites (N-methyl/N-ethyl adjacent to an activating group) is 1. The summed E-state index contributed by atoms with van der Waals surface area (Å²) in [5.41, 5.74) is 0. The molecule has 4 heteroatoms. The lowest BCUT2D eigenvalue weighted by atomic mass is 10.2. The molecular weight excluding hydrogens is 220 g/mol. The minimum Gasteiger partial charge on any atom is -0.338 e. The zero-order valence-electron chi connectivity index (χ0n) is 9.61. The van der Waals surface area contributed by atoms with Crippen molar-refractivity contribution in [3.8, 4) is 0 Å². The summed E-state index contributed by atoms with van der Waals surface area (Å²) in [6.07, 6.45) is 1.64. The molecule has 0 saturated carbocycles. The minimum absolute atomic E-state index is 0.263. The van der Waals surface area contributed by atoms with Crippen LogP contribution in [0.3, 0.4) is 0 Å². The number of amides is 1. The molecule has 1 saturated heterocycles. The number of nitrogens with one attached hydrogen (secondary N) is 1. The summed E-state index contributed by atoms with van der Waals surface area (Å²) in [6, 6.07) is 4.43. The van der Waals surface area contributed by atoms with Crippen molar-refractivity contribution in [3.63, 3.8) is 0 Å². The molecule has 1 aromatic heterocycles. The summed E-state index contributed by atoms with van der Waals surface area (Å²) in [6.45, 7) is 4.86. The van der Waals surface area contributed by atoms with Crippen LogP contribution < -0.4 is 5.32 Å². The van der Waals surface area contributed by atoms with Crippen LogP contribution in [-0.2, 0) is 11.2 Å². The Morgan fingerprint density at radius 2 is 2.56 bits per heavy atom. The average molecular weight is 238 g/mol. The fourth-order valence-corrected chi connectivity index (χ4v) is 2.90. The number of carbonyl (C=O) groups is 1. The van der Waals surface area contributed by atoms with Gasteiger partial charge in [0, 0.05) is 24.0 Å². The van der Waals surface area contributed by atoms with Crippen LogP contribution in [0.15, 0.2) is 17.5 Å². The van der Waals surface area contributed by atoms with Gasteiger partial charge in [0.25, 0.3) is 0 Å². The number of thiophene rings is 1. The van der Waals surface area contributed by atoms with E-state index in [9.17, 15) is 4.79 Å². The van der Waals surface area contributed by atoms with Crippen molar-refractivity contribution in [2.45, 2.75) is 25.8 Å². The Kier molecular flexibility index (Phi) is 3.96. The molecule has 1 unspecified atom stereocenters. The summed E-state index contributed by atoms with van der Waals surface area (Å²) in [4.78, 5) is 15.3. The molecule has 1 aromatic rings. The van der Waals surface area contributed by atoms with Crippen LogP contribution in [0.4, 0.5) is 0 Å². The van der Waals surface area contributed by atoms with Gasteiger partial charge in [0.05, 0.1) is 6.42 Å². The Hall–Kier alpha value is -0.870. The highest BCUT2D eigenvalue weighted by Gasteiger charge is 2.25. The van der Waals surface area contributed by atoms with E-state index in [0.29, 0.717) is 12.5 Å². The molecule has 0 radical (unpaired) electrons. The van der Waals surface area contributed by atoms with Gasteiger partial charge in [-0.2, -0.15) is 0 Å². The SMILES string of the molecule is CCN(C(=O)Cc1cccs1)C1CCNC1. The maximum absolute atomic E-state index is 12.1. The van der Waals surface area contributed by atoms with Gasteiger partial charge in [0.2, 0.25) is 5.91 Å². The number of carbonyl (C=O) groups excluding carboxylic acids is 1. The van der Waals surface area contributed by atoms with Crippen LogP contribution in [0.2, 0.25) is 0 Å². The lowest BCUT2D eigenvalue weighted by Gasteiger charge is -2.27. The van der Waals surface area contributed by atoms with Gasteiger partial charge in [-0.25, -0.2) is 0 Å². The van der Waals surface area contributed by atoms with Crippen LogP contribution in [0, 0.1) is 0 Å². The predicted molar refractivity (Wildman–Crippen MR) is 66.7 cm³/mol. The van der Waals surface area contributed by atoms with Crippen molar-refractivity contribution in [1.29, 1.82) is 0 Å². The van der Waals surface area contributed by atoms with E-state index in [4.69, 9.17) is 0 Å². The second-order valence-corrected chi connectivity index (χ2v) is 5.11. The van der Waals surface area contributed by atoms with Gasteiger partial charge in [-0.3, -0.25) is 4.79 Å². The first-order valence-corrected chi connectivity index (χ1v) is 6.71. The zero-order chi connectivity index (χ0) is 11.4. The third kappa shape index (κ3) is 2.62. The highest BCUT2D eigenvalue weighted by Crippen LogP contribution is 2.14. The first kappa shape index (κ1) is 11.6. The fourth-order valence-electron chi connectivity index (χ4n) is 2.21. The lowest BCUT2D eigenvalue weighted by Crippen LogP contribution is -2.42. The summed E-state index contributed by atoms with van der Waals surface area (Å²) >= 11 is 1.66. The molecule has 2 rings (SSSR count). The first-order valence-electron chi connectivity index (χ1n) is 5.84. The molecule has 0 spiro atoms. The van der Waals surface area contributed by atoms with E-state index >= 15 is 0 Å². The van der Waals surface area contributed by atoms with Gasteiger partial charge < -0.3 is 10.2 Å². The molecule has 1 atom stereocenters. The first-order chi connectivity index (χ1) is 7.81. The van der Waals surface area contributed by atoms with Crippen molar-refractivity contribution < 1.29 is 4.79 Å². The van der Waals surface area contributed by atoms with Gasteiger partial charge >= 0.3 is 0 Å². The molecule has 1 amide bonds. The van der Waals surface area contributed by atoms with Crippen LogP contribution in [0.1, 0.15) is 18.2 Å². The molecule has 1 aliphatic heterocycles. The number of nitrogens with zero attached hydrogens (tertiary/aromatic N) is 1. The van der Waals surface area contributed by atoms with Crippen molar-refractivity contribution >= 4 is 17.2 Å². The average Bonchev–Trinajstić information content (AvgIpc) is 2.91. The molecule has 1 fully saturated rings. The van der Waals surface area contributed by atoms with Gasteiger partial charge in [-0.1, -0.05) is 6.07 Å². The number of hydrogen-bond acceptors (Lipinski definition) is 3. The third-order valence-electron chi connectivity index (χ3n) is 3.04. The minimum atomic E-state index is 0.263. The monoisotopic (exact) mass is 238 g/mol. The summed E-state index contributed by atoms with van der Waals surface area (Å²) < 4.78 is 0. The van der Waals surface area contributed by atoms with Crippen LogP contribution in [-0.4, -0.2) is 36.5 Å². The van der Waals surface area contributed by atoms with Gasteiger partial charge in [-0.05, 0) is 31.3 Å². The van der Waals surface area contributed by atoms with E-state index in [-0.39, 0.29) is 5.91 Å². The Morgan fingerprint density at radius 1 is 1.69 bits per heavy atom. The molecule has 0 aromatic carbocycles. The summed E-state index contributed by atoms with van der Waals surface area (Å²) in [5.74, 6) is 0.263. The molecule has 0 bridgehead atoms. The van der Waals surface area contributed by atoms with Gasteiger partial charge in [0.15, 0.2) is 0 Å². The third-order valence-corrected chi connectivity index (χ3v) is 3.92. The Balaban J connectivity index is 1.95. The maximum atomic E-state index is 12.1. The van der Waals surface area contributed by atoms with E-state index < -0.39 is 0 Å². The highest BCUT2D eigenvalue weighted by molar-refractivity contribution is 7.10. The second-order valence-electron chi connectivity index (χ2n) is 4.08. The number of hydrogen-bond donors (Lipinski definition) is 1. The molecular formula is C12H18N2OS. The number of rotatable bonds is 4. The van der Waals surface area contributed by atoms with Crippen molar-refractivity contribution in [2.24, 2.45) is 0 Å². The zero-order valence-corrected chi connectivity index (χ0v) is 10.4. The van der Waals surface area contributed by atoms with Crippen LogP contribution in [0.5, 0.6) is 0 Å². The van der Waals surface area contributed by atoms with Gasteiger partial charge in [0.1, 0.15) is 0 Å². The molecule has 1 aliphatic rings. The quantitative estimate of drug-likeness (QED) is 0.862. The van der Waals surface area contributed by atoms with Crippen LogP contribution >= 0.6 is 11.3 Å². The van der Waals surface area contributed by atoms with Gasteiger partial charge in [-0.15, -0.1) is 11.3 Å². The smallest absolute Gasteiger partial charge is 0.228 e. The Labute approximate surface area is 100 Å². The Morgan fingerprint density at radius 3 is 3.12 bits per heavy atom. The molecule has 1 N–H and O–H groups in total. The van der Waals surface area contributed by atoms with Crippen molar-refractivity contribution in [1.82, 2.24) is 10.2 Å². The maximum Gasteiger partial charge on any atom is 0.228 e. The molecule has 2 heterocycles. The highest BCUT2D eigenvalue weighted by atomic mass is 32.1. The molecule has 16 heavy (non-hydrogen) atoms.